The maximum absolute atomic E-state index is 8.77. The van der Waals surface area contributed by atoms with Crippen molar-refractivity contribution in [1.82, 2.24) is 10.3 Å². The van der Waals surface area contributed by atoms with Gasteiger partial charge in [0.25, 0.3) is 0 Å². The fraction of sp³-hybridized carbons (Fsp3) is 0.467. The van der Waals surface area contributed by atoms with Crippen molar-refractivity contribution < 1.29 is 5.11 Å². The largest absolute Gasteiger partial charge is 0.395 e. The van der Waals surface area contributed by atoms with Gasteiger partial charge in [0, 0.05) is 29.7 Å². The highest BCUT2D eigenvalue weighted by Crippen LogP contribution is 2.29. The number of nitrogens with one attached hydrogen (secondary N) is 2. The van der Waals surface area contributed by atoms with Crippen molar-refractivity contribution in [1.29, 1.82) is 0 Å². The summed E-state index contributed by atoms with van der Waals surface area (Å²) in [6, 6.07) is 6.64. The minimum absolute atomic E-state index is 0.196. The highest BCUT2D eigenvalue weighted by atomic mass is 16.3. The van der Waals surface area contributed by atoms with Gasteiger partial charge in [-0.2, -0.15) is 0 Å². The third-order valence-electron chi connectivity index (χ3n) is 3.78. The molecule has 1 aliphatic carbocycles. The number of benzene rings is 1. The van der Waals surface area contributed by atoms with Crippen LogP contribution in [0.1, 0.15) is 29.7 Å². The number of rotatable bonds is 4. The number of aromatic amines is 1. The van der Waals surface area contributed by atoms with Crippen molar-refractivity contribution in [3.05, 3.63) is 35.0 Å². The summed E-state index contributed by atoms with van der Waals surface area (Å²) in [5, 5.41) is 13.4. The number of H-pyrrole nitrogens is 1. The number of aromatic nitrogens is 1. The van der Waals surface area contributed by atoms with E-state index in [0.29, 0.717) is 6.54 Å². The second-order valence-electron chi connectivity index (χ2n) is 5.07. The molecule has 3 nitrogen and oxygen atoms in total. The summed E-state index contributed by atoms with van der Waals surface area (Å²) in [6.45, 7) is 1.68. The maximum Gasteiger partial charge on any atom is 0.0556 e. The first-order valence-electron chi connectivity index (χ1n) is 6.82. The van der Waals surface area contributed by atoms with E-state index in [0.717, 1.165) is 6.54 Å². The minimum atomic E-state index is 0.196. The molecule has 0 atom stereocenters. The van der Waals surface area contributed by atoms with Gasteiger partial charge in [0.15, 0.2) is 0 Å². The van der Waals surface area contributed by atoms with Gasteiger partial charge < -0.3 is 15.4 Å². The summed E-state index contributed by atoms with van der Waals surface area (Å²) >= 11 is 0. The minimum Gasteiger partial charge on any atom is -0.395 e. The Labute approximate surface area is 107 Å². The van der Waals surface area contributed by atoms with Gasteiger partial charge >= 0.3 is 0 Å². The van der Waals surface area contributed by atoms with Gasteiger partial charge in [0.1, 0.15) is 0 Å². The molecule has 1 aliphatic rings. The molecule has 3 heteroatoms. The summed E-state index contributed by atoms with van der Waals surface area (Å²) in [4.78, 5) is 3.55. The van der Waals surface area contributed by atoms with Crippen LogP contribution in [0.25, 0.3) is 10.9 Å². The van der Waals surface area contributed by atoms with Gasteiger partial charge in [-0.25, -0.2) is 0 Å². The molecule has 3 N–H and O–H groups in total. The van der Waals surface area contributed by atoms with Crippen LogP contribution in [0.4, 0.5) is 0 Å². The lowest BCUT2D eigenvalue weighted by Crippen LogP contribution is -2.17. The zero-order valence-electron chi connectivity index (χ0n) is 10.6. The molecule has 0 radical (unpaired) electrons. The van der Waals surface area contributed by atoms with Crippen LogP contribution >= 0.6 is 0 Å². The third kappa shape index (κ3) is 2.16. The predicted octanol–water partition coefficient (Wildman–Crippen LogP) is 2.13. The average molecular weight is 244 g/mol. The van der Waals surface area contributed by atoms with Gasteiger partial charge in [-0.15, -0.1) is 0 Å². The van der Waals surface area contributed by atoms with E-state index in [1.807, 2.05) is 0 Å². The van der Waals surface area contributed by atoms with E-state index in [1.54, 1.807) is 0 Å². The van der Waals surface area contributed by atoms with Gasteiger partial charge in [0.05, 0.1) is 6.61 Å². The molecule has 1 aromatic carbocycles. The van der Waals surface area contributed by atoms with Crippen LogP contribution < -0.4 is 5.32 Å². The fourth-order valence-electron chi connectivity index (χ4n) is 2.87. The Hall–Kier alpha value is -1.32. The molecule has 0 saturated heterocycles. The van der Waals surface area contributed by atoms with E-state index in [4.69, 9.17) is 5.11 Å². The average Bonchev–Trinajstić information content (AvgIpc) is 2.77. The predicted molar refractivity (Wildman–Crippen MR) is 73.7 cm³/mol. The molecule has 18 heavy (non-hydrogen) atoms. The monoisotopic (exact) mass is 244 g/mol. The molecule has 0 saturated carbocycles. The molecule has 0 spiro atoms. The van der Waals surface area contributed by atoms with Gasteiger partial charge in [0.2, 0.25) is 0 Å². The first-order valence-corrected chi connectivity index (χ1v) is 6.82. The molecule has 2 aromatic rings. The lowest BCUT2D eigenvalue weighted by atomic mass is 9.95. The van der Waals surface area contributed by atoms with E-state index < -0.39 is 0 Å². The van der Waals surface area contributed by atoms with E-state index in [9.17, 15) is 0 Å². The molecule has 1 aromatic heterocycles. The molecule has 0 aliphatic heterocycles. The molecule has 0 fully saturated rings. The Morgan fingerprint density at radius 1 is 1.22 bits per heavy atom. The number of fused-ring (bicyclic) bond motifs is 3. The van der Waals surface area contributed by atoms with E-state index in [-0.39, 0.29) is 6.61 Å². The number of hydrogen-bond donors (Lipinski definition) is 3. The lowest BCUT2D eigenvalue weighted by Gasteiger charge is -2.10. The number of hydrogen-bond acceptors (Lipinski definition) is 2. The molecule has 0 unspecified atom stereocenters. The van der Waals surface area contributed by atoms with Crippen molar-refractivity contribution in [3.63, 3.8) is 0 Å². The summed E-state index contributed by atoms with van der Waals surface area (Å²) < 4.78 is 0. The first-order chi connectivity index (χ1) is 8.88. The lowest BCUT2D eigenvalue weighted by molar-refractivity contribution is 0.292. The Morgan fingerprint density at radius 3 is 3.00 bits per heavy atom. The molecule has 1 heterocycles. The molecule has 96 valence electrons. The van der Waals surface area contributed by atoms with Crippen LogP contribution in [0, 0.1) is 0 Å². The van der Waals surface area contributed by atoms with Gasteiger partial charge in [-0.1, -0.05) is 6.07 Å². The Morgan fingerprint density at radius 2 is 2.11 bits per heavy atom. The van der Waals surface area contributed by atoms with Crippen LogP contribution in [-0.4, -0.2) is 23.2 Å². The van der Waals surface area contributed by atoms with Gasteiger partial charge in [-0.05, 0) is 48.9 Å². The van der Waals surface area contributed by atoms with Crippen LogP contribution in [0.15, 0.2) is 18.2 Å². The highest BCUT2D eigenvalue weighted by molar-refractivity contribution is 5.85. The van der Waals surface area contributed by atoms with Crippen LogP contribution in [0.3, 0.4) is 0 Å². The standard InChI is InChI=1S/C15H20N2O/c18-8-7-16-10-11-5-6-15-13(9-11)12-3-1-2-4-14(12)17-15/h5-6,9,16-18H,1-4,7-8,10H2. The molecule has 3 rings (SSSR count). The fourth-order valence-corrected chi connectivity index (χ4v) is 2.87. The normalized spacial score (nSPS) is 14.9. The van der Waals surface area contributed by atoms with Crippen LogP contribution in [0.5, 0.6) is 0 Å². The van der Waals surface area contributed by atoms with Crippen molar-refractivity contribution in [2.75, 3.05) is 13.2 Å². The van der Waals surface area contributed by atoms with E-state index >= 15 is 0 Å². The molecular weight excluding hydrogens is 224 g/mol. The highest BCUT2D eigenvalue weighted by Gasteiger charge is 2.15. The topological polar surface area (TPSA) is 48.0 Å². The molecule has 0 bridgehead atoms. The van der Waals surface area contributed by atoms with Crippen molar-refractivity contribution >= 4 is 10.9 Å². The second kappa shape index (κ2) is 5.12. The van der Waals surface area contributed by atoms with Crippen LogP contribution in [-0.2, 0) is 19.4 Å². The van der Waals surface area contributed by atoms with Crippen molar-refractivity contribution in [2.24, 2.45) is 0 Å². The smallest absolute Gasteiger partial charge is 0.0556 e. The summed E-state index contributed by atoms with van der Waals surface area (Å²) in [5.74, 6) is 0. The summed E-state index contributed by atoms with van der Waals surface area (Å²) in [7, 11) is 0. The zero-order valence-corrected chi connectivity index (χ0v) is 10.6. The third-order valence-corrected chi connectivity index (χ3v) is 3.78. The summed E-state index contributed by atoms with van der Waals surface area (Å²) in [5.41, 5.74) is 5.54. The first kappa shape index (κ1) is 11.8. The number of aryl methyl sites for hydroxylation is 2. The van der Waals surface area contributed by atoms with E-state index in [2.05, 4.69) is 28.5 Å². The van der Waals surface area contributed by atoms with E-state index in [1.165, 1.54) is 53.4 Å². The Balaban J connectivity index is 1.90. The Bertz CT molecular complexity index is 545. The number of aliphatic hydroxyl groups is 1. The van der Waals surface area contributed by atoms with Gasteiger partial charge in [-0.3, -0.25) is 0 Å². The maximum atomic E-state index is 8.77. The zero-order chi connectivity index (χ0) is 12.4. The number of aliphatic hydroxyl groups excluding tert-OH is 1. The quantitative estimate of drug-likeness (QED) is 0.722. The van der Waals surface area contributed by atoms with Crippen LogP contribution in [0.2, 0.25) is 0 Å². The Kier molecular flexibility index (Phi) is 3.35. The molecule has 0 amide bonds. The van der Waals surface area contributed by atoms with Crippen molar-refractivity contribution in [2.45, 2.75) is 32.2 Å². The molecular formula is C15H20N2O. The SMILES string of the molecule is OCCNCc1ccc2[nH]c3c(c2c1)CCCC3. The van der Waals surface area contributed by atoms with Crippen molar-refractivity contribution in [3.8, 4) is 0 Å². The second-order valence-corrected chi connectivity index (χ2v) is 5.07. The summed E-state index contributed by atoms with van der Waals surface area (Å²) in [6.07, 6.45) is 5.03.